The monoisotopic (exact) mass is 453 g/mol. The maximum atomic E-state index is 13.0. The predicted octanol–water partition coefficient (Wildman–Crippen LogP) is 3.45. The summed E-state index contributed by atoms with van der Waals surface area (Å²) < 4.78 is 5.18. The average Bonchev–Trinajstić information content (AvgIpc) is 2.98. The van der Waals surface area contributed by atoms with Gasteiger partial charge in [0.2, 0.25) is 5.91 Å². The Morgan fingerprint density at radius 3 is 2.42 bits per heavy atom. The molecule has 1 aliphatic rings. The van der Waals surface area contributed by atoms with E-state index in [4.69, 9.17) is 4.74 Å². The largest absolute Gasteiger partial charge is 0.497 e. The van der Waals surface area contributed by atoms with E-state index in [0.717, 1.165) is 35.5 Å². The first kappa shape index (κ1) is 24.7. The third-order valence-electron chi connectivity index (χ3n) is 6.37. The Hall–Kier alpha value is -2.93. The molecule has 1 aliphatic heterocycles. The van der Waals surface area contributed by atoms with E-state index < -0.39 is 0 Å². The van der Waals surface area contributed by atoms with Crippen LogP contribution in [0.2, 0.25) is 0 Å². The summed E-state index contributed by atoms with van der Waals surface area (Å²) in [6.45, 7) is 8.41. The number of aromatic amines is 1. The van der Waals surface area contributed by atoms with Crippen LogP contribution in [0.1, 0.15) is 64.4 Å². The number of hydrogen-bond donors (Lipinski definition) is 1. The molecule has 2 aromatic rings. The van der Waals surface area contributed by atoms with Gasteiger partial charge in [0.1, 0.15) is 5.75 Å². The molecule has 0 aliphatic carbocycles. The molecule has 0 bridgehead atoms. The summed E-state index contributed by atoms with van der Waals surface area (Å²) in [6, 6.07) is 7.81. The highest BCUT2D eigenvalue weighted by Crippen LogP contribution is 2.21. The van der Waals surface area contributed by atoms with Crippen molar-refractivity contribution in [2.24, 2.45) is 0 Å². The second-order valence-corrected chi connectivity index (χ2v) is 8.67. The van der Waals surface area contributed by atoms with E-state index in [1.807, 2.05) is 43.0 Å². The van der Waals surface area contributed by atoms with Gasteiger partial charge in [-0.05, 0) is 56.4 Å². The Morgan fingerprint density at radius 1 is 1.06 bits per heavy atom. The van der Waals surface area contributed by atoms with Crippen molar-refractivity contribution in [3.8, 4) is 5.75 Å². The van der Waals surface area contributed by atoms with E-state index in [-0.39, 0.29) is 24.0 Å². The fourth-order valence-corrected chi connectivity index (χ4v) is 4.61. The number of nitrogens with one attached hydrogen (secondary N) is 1. The zero-order chi connectivity index (χ0) is 24.0. The van der Waals surface area contributed by atoms with Crippen molar-refractivity contribution < 1.29 is 19.1 Å². The number of Topliss-reactive ketones (excluding diaryl/α,β-unsaturated/α-hetero) is 2. The van der Waals surface area contributed by atoms with Crippen LogP contribution in [0.25, 0.3) is 0 Å². The molecule has 0 spiro atoms. The maximum Gasteiger partial charge on any atom is 0.222 e. The van der Waals surface area contributed by atoms with Crippen LogP contribution in [0.4, 0.5) is 0 Å². The number of hydrogen-bond acceptors (Lipinski definition) is 5. The summed E-state index contributed by atoms with van der Waals surface area (Å²) in [4.78, 5) is 45.0. The number of aromatic nitrogens is 1. The van der Waals surface area contributed by atoms with Gasteiger partial charge in [-0.25, -0.2) is 0 Å². The van der Waals surface area contributed by atoms with Gasteiger partial charge in [0, 0.05) is 43.9 Å². The van der Waals surface area contributed by atoms with Gasteiger partial charge >= 0.3 is 0 Å². The fraction of sp³-hybridized carbons (Fsp3) is 0.500. The predicted molar refractivity (Wildman–Crippen MR) is 128 cm³/mol. The van der Waals surface area contributed by atoms with Gasteiger partial charge < -0.3 is 14.6 Å². The van der Waals surface area contributed by atoms with Gasteiger partial charge in [0.25, 0.3) is 0 Å². The Labute approximate surface area is 196 Å². The maximum absolute atomic E-state index is 13.0. The molecular weight excluding hydrogens is 418 g/mol. The molecule has 0 saturated carbocycles. The summed E-state index contributed by atoms with van der Waals surface area (Å²) >= 11 is 0. The van der Waals surface area contributed by atoms with Gasteiger partial charge in [-0.3, -0.25) is 19.3 Å². The lowest BCUT2D eigenvalue weighted by Crippen LogP contribution is -2.37. The van der Waals surface area contributed by atoms with Crippen molar-refractivity contribution in [1.29, 1.82) is 0 Å². The summed E-state index contributed by atoms with van der Waals surface area (Å²) in [5, 5.41) is 0. The van der Waals surface area contributed by atoms with Crippen LogP contribution >= 0.6 is 0 Å². The topological polar surface area (TPSA) is 82.7 Å². The van der Waals surface area contributed by atoms with Crippen molar-refractivity contribution in [3.05, 3.63) is 52.3 Å². The number of H-pyrrole nitrogens is 1. The third kappa shape index (κ3) is 6.11. The van der Waals surface area contributed by atoms with Gasteiger partial charge in [-0.1, -0.05) is 19.1 Å². The van der Waals surface area contributed by atoms with Crippen molar-refractivity contribution in [1.82, 2.24) is 14.8 Å². The number of ether oxygens (including phenoxy) is 1. The number of rotatable bonds is 9. The lowest BCUT2D eigenvalue weighted by Gasteiger charge is -2.22. The van der Waals surface area contributed by atoms with E-state index >= 15 is 0 Å². The number of nitrogens with zero attached hydrogens (tertiary/aromatic N) is 2. The molecule has 1 fully saturated rings. The minimum Gasteiger partial charge on any atom is -0.497 e. The standard InChI is InChI=1S/C26H35N3O4/c1-5-22-25(19(3)30)18(2)27-26(22)23(31)17-28-13-6-14-29(16-15-28)24(32)12-9-20-7-10-21(33-4)11-8-20/h7-8,10-11,27H,5-6,9,12-17H2,1-4H3. The van der Waals surface area contributed by atoms with Crippen LogP contribution in [0.15, 0.2) is 24.3 Å². The molecule has 1 amide bonds. The molecule has 7 heteroatoms. The first-order chi connectivity index (χ1) is 15.8. The summed E-state index contributed by atoms with van der Waals surface area (Å²) in [5.74, 6) is 0.948. The Morgan fingerprint density at radius 2 is 1.79 bits per heavy atom. The second-order valence-electron chi connectivity index (χ2n) is 8.67. The zero-order valence-electron chi connectivity index (χ0n) is 20.2. The molecule has 0 radical (unpaired) electrons. The van der Waals surface area contributed by atoms with E-state index in [1.165, 1.54) is 0 Å². The fourth-order valence-electron chi connectivity index (χ4n) is 4.61. The van der Waals surface area contributed by atoms with Crippen LogP contribution in [-0.4, -0.2) is 72.1 Å². The van der Waals surface area contributed by atoms with Crippen LogP contribution in [0.5, 0.6) is 5.75 Å². The molecule has 7 nitrogen and oxygen atoms in total. The average molecular weight is 454 g/mol. The molecule has 1 saturated heterocycles. The number of benzene rings is 1. The smallest absolute Gasteiger partial charge is 0.222 e. The number of carbonyl (C=O) groups excluding carboxylic acids is 3. The molecule has 3 rings (SSSR count). The molecule has 1 aromatic heterocycles. The molecular formula is C26H35N3O4. The molecule has 2 heterocycles. The second kappa shape index (κ2) is 11.3. The SMILES string of the molecule is CCc1c(C(=O)CN2CCCN(C(=O)CCc3ccc(OC)cc3)CC2)[nH]c(C)c1C(C)=O. The number of ketones is 2. The molecule has 0 unspecified atom stereocenters. The number of carbonyl (C=O) groups is 3. The van der Waals surface area contributed by atoms with E-state index in [1.54, 1.807) is 14.0 Å². The Bertz CT molecular complexity index is 994. The molecule has 0 atom stereocenters. The van der Waals surface area contributed by atoms with E-state index in [2.05, 4.69) is 9.88 Å². The third-order valence-corrected chi connectivity index (χ3v) is 6.37. The normalized spacial score (nSPS) is 14.7. The first-order valence-corrected chi connectivity index (χ1v) is 11.7. The highest BCUT2D eigenvalue weighted by molar-refractivity contribution is 6.04. The quantitative estimate of drug-likeness (QED) is 0.588. The first-order valence-electron chi connectivity index (χ1n) is 11.7. The van der Waals surface area contributed by atoms with Crippen LogP contribution in [-0.2, 0) is 17.6 Å². The van der Waals surface area contributed by atoms with Crippen molar-refractivity contribution in [3.63, 3.8) is 0 Å². The molecule has 1 N–H and O–H groups in total. The van der Waals surface area contributed by atoms with Gasteiger partial charge in [-0.15, -0.1) is 0 Å². The van der Waals surface area contributed by atoms with Gasteiger partial charge in [0.05, 0.1) is 19.3 Å². The summed E-state index contributed by atoms with van der Waals surface area (Å²) in [6.07, 6.45) is 2.65. The minimum absolute atomic E-state index is 0.00160. The van der Waals surface area contributed by atoms with E-state index in [0.29, 0.717) is 50.2 Å². The number of aryl methyl sites for hydroxylation is 2. The van der Waals surface area contributed by atoms with Gasteiger partial charge in [-0.2, -0.15) is 0 Å². The zero-order valence-corrected chi connectivity index (χ0v) is 20.2. The highest BCUT2D eigenvalue weighted by atomic mass is 16.5. The van der Waals surface area contributed by atoms with E-state index in [9.17, 15) is 14.4 Å². The van der Waals surface area contributed by atoms with Crippen molar-refractivity contribution in [2.75, 3.05) is 39.8 Å². The Balaban J connectivity index is 1.54. The van der Waals surface area contributed by atoms with Gasteiger partial charge in [0.15, 0.2) is 11.6 Å². The summed E-state index contributed by atoms with van der Waals surface area (Å²) in [5.41, 5.74) is 3.88. The minimum atomic E-state index is -0.0155. The lowest BCUT2D eigenvalue weighted by molar-refractivity contribution is -0.131. The summed E-state index contributed by atoms with van der Waals surface area (Å²) in [7, 11) is 1.64. The molecule has 1 aromatic carbocycles. The van der Waals surface area contributed by atoms with Crippen LogP contribution in [0, 0.1) is 6.92 Å². The van der Waals surface area contributed by atoms with Crippen molar-refractivity contribution >= 4 is 17.5 Å². The van der Waals surface area contributed by atoms with Crippen LogP contribution in [0.3, 0.4) is 0 Å². The Kier molecular flexibility index (Phi) is 8.44. The van der Waals surface area contributed by atoms with Crippen molar-refractivity contribution in [2.45, 2.75) is 46.5 Å². The number of amides is 1. The highest BCUT2D eigenvalue weighted by Gasteiger charge is 2.25. The van der Waals surface area contributed by atoms with Crippen LogP contribution < -0.4 is 4.74 Å². The lowest BCUT2D eigenvalue weighted by atomic mass is 10.0. The number of methoxy groups -OCH3 is 1. The molecule has 178 valence electrons. The molecule has 33 heavy (non-hydrogen) atoms.